The zero-order valence-corrected chi connectivity index (χ0v) is 12.6. The van der Waals surface area contributed by atoms with Gasteiger partial charge in [0.15, 0.2) is 0 Å². The normalized spacial score (nSPS) is 15.2. The van der Waals surface area contributed by atoms with Crippen molar-refractivity contribution in [1.82, 2.24) is 5.32 Å². The number of halogens is 1. The molecule has 0 saturated heterocycles. The van der Waals surface area contributed by atoms with Gasteiger partial charge in [-0.3, -0.25) is 0 Å². The maximum Gasteiger partial charge on any atom is 0.0931 e. The first-order chi connectivity index (χ1) is 8.08. The number of methoxy groups -OCH3 is 1. The molecule has 0 aromatic carbocycles. The van der Waals surface area contributed by atoms with Crippen molar-refractivity contribution in [2.75, 3.05) is 13.7 Å². The van der Waals surface area contributed by atoms with E-state index in [9.17, 15) is 0 Å². The standard InChI is InChI=1S/C13H22ClNOS/c1-5-15-11(13(16-4)9(2)3)8-10-6-7-12(14)17-10/h6-7,9,11,13,15H,5,8H2,1-4H3. The maximum atomic E-state index is 5.96. The Morgan fingerprint density at radius 2 is 2.12 bits per heavy atom. The van der Waals surface area contributed by atoms with Gasteiger partial charge in [-0.05, 0) is 31.0 Å². The highest BCUT2D eigenvalue weighted by Gasteiger charge is 2.24. The van der Waals surface area contributed by atoms with Gasteiger partial charge >= 0.3 is 0 Å². The van der Waals surface area contributed by atoms with Crippen LogP contribution in [0.3, 0.4) is 0 Å². The highest BCUT2D eigenvalue weighted by atomic mass is 35.5. The third-order valence-electron chi connectivity index (χ3n) is 2.84. The molecule has 0 spiro atoms. The Hall–Kier alpha value is -0.0900. The number of ether oxygens (including phenoxy) is 1. The van der Waals surface area contributed by atoms with Gasteiger partial charge < -0.3 is 10.1 Å². The second-order valence-electron chi connectivity index (χ2n) is 4.52. The van der Waals surface area contributed by atoms with Gasteiger partial charge in [0.2, 0.25) is 0 Å². The van der Waals surface area contributed by atoms with E-state index in [0.29, 0.717) is 12.0 Å². The molecule has 0 bridgehead atoms. The molecule has 0 aliphatic heterocycles. The van der Waals surface area contributed by atoms with Crippen LogP contribution in [0.15, 0.2) is 12.1 Å². The van der Waals surface area contributed by atoms with E-state index in [-0.39, 0.29) is 6.10 Å². The first-order valence-corrected chi connectivity index (χ1v) is 7.28. The molecular weight excluding hydrogens is 254 g/mol. The second kappa shape index (κ2) is 7.37. The van der Waals surface area contributed by atoms with Crippen LogP contribution in [0.1, 0.15) is 25.6 Å². The molecule has 1 aromatic heterocycles. The molecule has 98 valence electrons. The molecule has 1 aromatic rings. The van der Waals surface area contributed by atoms with E-state index in [1.54, 1.807) is 18.4 Å². The van der Waals surface area contributed by atoms with Gasteiger partial charge in [-0.2, -0.15) is 0 Å². The number of hydrogen-bond acceptors (Lipinski definition) is 3. The summed E-state index contributed by atoms with van der Waals surface area (Å²) in [4.78, 5) is 1.31. The van der Waals surface area contributed by atoms with E-state index in [2.05, 4.69) is 32.2 Å². The Bertz CT molecular complexity index is 327. The van der Waals surface area contributed by atoms with Gasteiger partial charge in [-0.25, -0.2) is 0 Å². The van der Waals surface area contributed by atoms with Gasteiger partial charge in [-0.15, -0.1) is 11.3 Å². The SMILES string of the molecule is CCNC(Cc1ccc(Cl)s1)C(OC)C(C)C. The molecule has 1 rings (SSSR count). The van der Waals surface area contributed by atoms with E-state index in [1.807, 2.05) is 6.07 Å². The van der Waals surface area contributed by atoms with Crippen LogP contribution in [0.4, 0.5) is 0 Å². The summed E-state index contributed by atoms with van der Waals surface area (Å²) in [5.41, 5.74) is 0. The summed E-state index contributed by atoms with van der Waals surface area (Å²) < 4.78 is 6.47. The van der Waals surface area contributed by atoms with Gasteiger partial charge in [0.1, 0.15) is 0 Å². The molecule has 2 unspecified atom stereocenters. The fourth-order valence-electron chi connectivity index (χ4n) is 2.15. The highest BCUT2D eigenvalue weighted by molar-refractivity contribution is 7.16. The minimum absolute atomic E-state index is 0.232. The number of hydrogen-bond donors (Lipinski definition) is 1. The van der Waals surface area contributed by atoms with Crippen molar-refractivity contribution >= 4 is 22.9 Å². The summed E-state index contributed by atoms with van der Waals surface area (Å²) in [6.45, 7) is 7.47. The van der Waals surface area contributed by atoms with Gasteiger partial charge in [-0.1, -0.05) is 32.4 Å². The molecule has 0 aliphatic rings. The fourth-order valence-corrected chi connectivity index (χ4v) is 3.29. The molecule has 0 radical (unpaired) electrons. The summed E-state index contributed by atoms with van der Waals surface area (Å²) >= 11 is 7.62. The highest BCUT2D eigenvalue weighted by Crippen LogP contribution is 2.24. The third-order valence-corrected chi connectivity index (χ3v) is 4.10. The average molecular weight is 276 g/mol. The molecule has 0 fully saturated rings. The van der Waals surface area contributed by atoms with E-state index in [4.69, 9.17) is 16.3 Å². The quantitative estimate of drug-likeness (QED) is 0.821. The van der Waals surface area contributed by atoms with Crippen molar-refractivity contribution in [2.24, 2.45) is 5.92 Å². The van der Waals surface area contributed by atoms with Crippen LogP contribution in [0.25, 0.3) is 0 Å². The Morgan fingerprint density at radius 1 is 1.41 bits per heavy atom. The van der Waals surface area contributed by atoms with Crippen molar-refractivity contribution < 1.29 is 4.74 Å². The van der Waals surface area contributed by atoms with E-state index < -0.39 is 0 Å². The zero-order chi connectivity index (χ0) is 12.8. The first-order valence-electron chi connectivity index (χ1n) is 6.08. The van der Waals surface area contributed by atoms with Crippen LogP contribution in [0.2, 0.25) is 4.34 Å². The van der Waals surface area contributed by atoms with Gasteiger partial charge in [0, 0.05) is 18.0 Å². The Labute approximate surface area is 113 Å². The fraction of sp³-hybridized carbons (Fsp3) is 0.692. The Kier molecular flexibility index (Phi) is 6.49. The van der Waals surface area contributed by atoms with Crippen LogP contribution in [-0.2, 0) is 11.2 Å². The molecule has 0 aliphatic carbocycles. The molecule has 2 atom stereocenters. The van der Waals surface area contributed by atoms with Crippen LogP contribution >= 0.6 is 22.9 Å². The van der Waals surface area contributed by atoms with Crippen molar-refractivity contribution in [3.05, 3.63) is 21.3 Å². The second-order valence-corrected chi connectivity index (χ2v) is 6.32. The lowest BCUT2D eigenvalue weighted by atomic mass is 9.96. The molecule has 1 N–H and O–H groups in total. The number of nitrogens with one attached hydrogen (secondary N) is 1. The number of thiophene rings is 1. The summed E-state index contributed by atoms with van der Waals surface area (Å²) in [5, 5.41) is 3.51. The lowest BCUT2D eigenvalue weighted by molar-refractivity contribution is 0.0339. The van der Waals surface area contributed by atoms with Crippen molar-refractivity contribution in [3.63, 3.8) is 0 Å². The number of rotatable bonds is 7. The summed E-state index contributed by atoms with van der Waals surface area (Å²) in [6.07, 6.45) is 1.21. The smallest absolute Gasteiger partial charge is 0.0931 e. The summed E-state index contributed by atoms with van der Waals surface area (Å²) in [5.74, 6) is 0.500. The molecular formula is C13H22ClNOS. The predicted octanol–water partition coefficient (Wildman–Crippen LogP) is 3.59. The minimum atomic E-state index is 0.232. The average Bonchev–Trinajstić information content (AvgIpc) is 2.64. The third kappa shape index (κ3) is 4.59. The van der Waals surface area contributed by atoms with Crippen molar-refractivity contribution in [3.8, 4) is 0 Å². The number of likely N-dealkylation sites (N-methyl/N-ethyl adjacent to an activating group) is 1. The van der Waals surface area contributed by atoms with Crippen LogP contribution in [0.5, 0.6) is 0 Å². The van der Waals surface area contributed by atoms with Gasteiger partial charge in [0.05, 0.1) is 10.4 Å². The maximum absolute atomic E-state index is 5.96. The van der Waals surface area contributed by atoms with Crippen molar-refractivity contribution in [2.45, 2.75) is 39.3 Å². The largest absolute Gasteiger partial charge is 0.380 e. The first kappa shape index (κ1) is 15.0. The Balaban J connectivity index is 2.70. The Morgan fingerprint density at radius 3 is 2.53 bits per heavy atom. The van der Waals surface area contributed by atoms with Gasteiger partial charge in [0.25, 0.3) is 0 Å². The van der Waals surface area contributed by atoms with E-state index >= 15 is 0 Å². The van der Waals surface area contributed by atoms with E-state index in [0.717, 1.165) is 17.3 Å². The lowest BCUT2D eigenvalue weighted by Gasteiger charge is -2.29. The minimum Gasteiger partial charge on any atom is -0.380 e. The molecule has 0 saturated carbocycles. The van der Waals surface area contributed by atoms with Crippen LogP contribution < -0.4 is 5.32 Å². The topological polar surface area (TPSA) is 21.3 Å². The molecule has 1 heterocycles. The van der Waals surface area contributed by atoms with E-state index in [1.165, 1.54) is 4.88 Å². The zero-order valence-electron chi connectivity index (χ0n) is 11.0. The van der Waals surface area contributed by atoms with Crippen LogP contribution in [-0.4, -0.2) is 25.8 Å². The predicted molar refractivity (Wildman–Crippen MR) is 76.1 cm³/mol. The van der Waals surface area contributed by atoms with Crippen molar-refractivity contribution in [1.29, 1.82) is 0 Å². The molecule has 4 heteroatoms. The van der Waals surface area contributed by atoms with Crippen LogP contribution in [0, 0.1) is 5.92 Å². The molecule has 2 nitrogen and oxygen atoms in total. The molecule has 0 amide bonds. The lowest BCUT2D eigenvalue weighted by Crippen LogP contribution is -2.45. The molecule has 17 heavy (non-hydrogen) atoms. The monoisotopic (exact) mass is 275 g/mol. The summed E-state index contributed by atoms with van der Waals surface area (Å²) in [7, 11) is 1.79. The summed E-state index contributed by atoms with van der Waals surface area (Å²) in [6, 6.07) is 4.41.